The van der Waals surface area contributed by atoms with Crippen molar-refractivity contribution in [3.05, 3.63) is 0 Å². The van der Waals surface area contributed by atoms with Gasteiger partial charge < -0.3 is 14.9 Å². The average molecular weight is 296 g/mol. The molecule has 5 nitrogen and oxygen atoms in total. The topological polar surface area (TPSA) is 60.9 Å². The van der Waals surface area contributed by atoms with Gasteiger partial charge in [0.1, 0.15) is 0 Å². The van der Waals surface area contributed by atoms with E-state index in [2.05, 4.69) is 18.9 Å². The summed E-state index contributed by atoms with van der Waals surface area (Å²) in [5, 5.41) is 9.16. The van der Waals surface area contributed by atoms with Crippen molar-refractivity contribution in [2.24, 2.45) is 5.41 Å². The van der Waals surface area contributed by atoms with E-state index < -0.39 is 5.97 Å². The van der Waals surface area contributed by atoms with Crippen molar-refractivity contribution in [1.82, 2.24) is 9.80 Å². The highest BCUT2D eigenvalue weighted by Gasteiger charge is 2.39. The predicted molar refractivity (Wildman–Crippen MR) is 81.1 cm³/mol. The summed E-state index contributed by atoms with van der Waals surface area (Å²) in [6.45, 7) is 4.82. The van der Waals surface area contributed by atoms with Gasteiger partial charge in [-0.15, -0.1) is 0 Å². The SMILES string of the molecule is CC1CN(C)CCCN1C(=O)CC1(CC(=O)O)CCCC1. The molecule has 2 aliphatic rings. The number of carbonyl (C=O) groups is 2. The monoisotopic (exact) mass is 296 g/mol. The van der Waals surface area contributed by atoms with Crippen molar-refractivity contribution >= 4 is 11.9 Å². The molecule has 0 aromatic heterocycles. The molecule has 120 valence electrons. The summed E-state index contributed by atoms with van der Waals surface area (Å²) in [6, 6.07) is 0.216. The number of aliphatic carboxylic acids is 1. The Hall–Kier alpha value is -1.10. The van der Waals surface area contributed by atoms with E-state index in [1.54, 1.807) is 0 Å². The van der Waals surface area contributed by atoms with Gasteiger partial charge in [0.15, 0.2) is 0 Å². The molecule has 1 N–H and O–H groups in total. The molecule has 0 spiro atoms. The number of carboxylic acids is 1. The zero-order valence-corrected chi connectivity index (χ0v) is 13.3. The number of likely N-dealkylation sites (N-methyl/N-ethyl adjacent to an activating group) is 1. The summed E-state index contributed by atoms with van der Waals surface area (Å²) in [5.41, 5.74) is -0.291. The standard InChI is InChI=1S/C16H28N2O3/c1-13-12-17(2)8-5-9-18(13)14(19)10-16(11-15(20)21)6-3-4-7-16/h13H,3-12H2,1-2H3,(H,20,21). The van der Waals surface area contributed by atoms with E-state index in [-0.39, 0.29) is 23.8 Å². The van der Waals surface area contributed by atoms with Crippen LogP contribution in [0.25, 0.3) is 0 Å². The molecule has 5 heteroatoms. The first-order valence-corrected chi connectivity index (χ1v) is 8.12. The van der Waals surface area contributed by atoms with Gasteiger partial charge in [-0.2, -0.15) is 0 Å². The second-order valence-electron chi connectivity index (χ2n) is 7.01. The third kappa shape index (κ3) is 4.19. The van der Waals surface area contributed by atoms with Crippen LogP contribution in [-0.4, -0.2) is 59.5 Å². The molecule has 1 saturated heterocycles. The van der Waals surface area contributed by atoms with E-state index in [4.69, 9.17) is 5.11 Å². The van der Waals surface area contributed by atoms with E-state index in [1.165, 1.54) is 0 Å². The molecular weight excluding hydrogens is 268 g/mol. The molecule has 2 fully saturated rings. The van der Waals surface area contributed by atoms with Crippen molar-refractivity contribution in [2.75, 3.05) is 26.7 Å². The molecule has 1 aliphatic heterocycles. The number of hydrogen-bond acceptors (Lipinski definition) is 3. The lowest BCUT2D eigenvalue weighted by atomic mass is 9.79. The Morgan fingerprint density at radius 1 is 1.14 bits per heavy atom. The van der Waals surface area contributed by atoms with Crippen LogP contribution in [0.5, 0.6) is 0 Å². The third-order valence-corrected chi connectivity index (χ3v) is 5.08. The zero-order valence-electron chi connectivity index (χ0n) is 13.3. The van der Waals surface area contributed by atoms with Gasteiger partial charge in [0.05, 0.1) is 6.42 Å². The maximum absolute atomic E-state index is 12.7. The third-order valence-electron chi connectivity index (χ3n) is 5.08. The number of nitrogens with zero attached hydrogens (tertiary/aromatic N) is 2. The Morgan fingerprint density at radius 2 is 1.81 bits per heavy atom. The van der Waals surface area contributed by atoms with Crippen molar-refractivity contribution in [3.63, 3.8) is 0 Å². The molecule has 1 heterocycles. The summed E-state index contributed by atoms with van der Waals surface area (Å²) in [5.74, 6) is -0.616. The number of amides is 1. The molecule has 0 radical (unpaired) electrons. The maximum Gasteiger partial charge on any atom is 0.303 e. The first kappa shape index (κ1) is 16.3. The normalized spacial score (nSPS) is 26.6. The molecule has 1 atom stereocenters. The number of hydrogen-bond donors (Lipinski definition) is 1. The lowest BCUT2D eigenvalue weighted by Gasteiger charge is -2.33. The Bertz CT molecular complexity index is 391. The maximum atomic E-state index is 12.7. The van der Waals surface area contributed by atoms with E-state index in [1.807, 2.05) is 4.90 Å². The van der Waals surface area contributed by atoms with Crippen LogP contribution in [0.3, 0.4) is 0 Å². The van der Waals surface area contributed by atoms with Crippen LogP contribution in [0, 0.1) is 5.41 Å². The highest BCUT2D eigenvalue weighted by atomic mass is 16.4. The minimum Gasteiger partial charge on any atom is -0.481 e. The molecule has 0 aromatic rings. The second-order valence-corrected chi connectivity index (χ2v) is 7.01. The largest absolute Gasteiger partial charge is 0.481 e. The fraction of sp³-hybridized carbons (Fsp3) is 0.875. The Labute approximate surface area is 127 Å². The average Bonchev–Trinajstić information content (AvgIpc) is 2.73. The van der Waals surface area contributed by atoms with Gasteiger partial charge in [0.2, 0.25) is 5.91 Å². The molecule has 1 unspecified atom stereocenters. The van der Waals surface area contributed by atoms with E-state index >= 15 is 0 Å². The Balaban J connectivity index is 2.02. The highest BCUT2D eigenvalue weighted by Crippen LogP contribution is 2.44. The molecule has 2 rings (SSSR count). The molecule has 1 amide bonds. The fourth-order valence-electron chi connectivity index (χ4n) is 4.03. The lowest BCUT2D eigenvalue weighted by Crippen LogP contribution is -2.44. The molecular formula is C16H28N2O3. The van der Waals surface area contributed by atoms with Crippen molar-refractivity contribution < 1.29 is 14.7 Å². The van der Waals surface area contributed by atoms with E-state index in [0.29, 0.717) is 6.42 Å². The summed E-state index contributed by atoms with van der Waals surface area (Å²) in [7, 11) is 2.09. The van der Waals surface area contributed by atoms with Gasteiger partial charge in [-0.25, -0.2) is 0 Å². The zero-order chi connectivity index (χ0) is 15.5. The predicted octanol–water partition coefficient (Wildman–Crippen LogP) is 1.96. The van der Waals surface area contributed by atoms with E-state index in [9.17, 15) is 9.59 Å². The number of rotatable bonds is 4. The van der Waals surface area contributed by atoms with Crippen LogP contribution < -0.4 is 0 Å². The van der Waals surface area contributed by atoms with Gasteiger partial charge in [-0.05, 0) is 45.2 Å². The summed E-state index contributed by atoms with van der Waals surface area (Å²) in [6.07, 6.45) is 5.42. The van der Waals surface area contributed by atoms with E-state index in [0.717, 1.165) is 51.7 Å². The van der Waals surface area contributed by atoms with Crippen LogP contribution >= 0.6 is 0 Å². The fourth-order valence-corrected chi connectivity index (χ4v) is 4.03. The van der Waals surface area contributed by atoms with Crippen molar-refractivity contribution in [3.8, 4) is 0 Å². The smallest absolute Gasteiger partial charge is 0.303 e. The first-order chi connectivity index (χ1) is 9.92. The number of carboxylic acid groups (broad SMARTS) is 1. The summed E-state index contributed by atoms with van der Waals surface area (Å²) < 4.78 is 0. The van der Waals surface area contributed by atoms with Crippen LogP contribution in [0.1, 0.15) is 51.9 Å². The summed E-state index contributed by atoms with van der Waals surface area (Å²) >= 11 is 0. The summed E-state index contributed by atoms with van der Waals surface area (Å²) in [4.78, 5) is 28.1. The molecule has 0 aromatic carbocycles. The Kier molecular flexibility index (Phi) is 5.25. The van der Waals surface area contributed by atoms with Crippen LogP contribution in [0.4, 0.5) is 0 Å². The molecule has 0 bridgehead atoms. The van der Waals surface area contributed by atoms with Gasteiger partial charge in [0, 0.05) is 25.6 Å². The first-order valence-electron chi connectivity index (χ1n) is 8.12. The van der Waals surface area contributed by atoms with Gasteiger partial charge in [-0.1, -0.05) is 12.8 Å². The Morgan fingerprint density at radius 3 is 2.43 bits per heavy atom. The second kappa shape index (κ2) is 6.77. The highest BCUT2D eigenvalue weighted by molar-refractivity contribution is 5.78. The van der Waals surface area contributed by atoms with Gasteiger partial charge in [-0.3, -0.25) is 9.59 Å². The molecule has 1 saturated carbocycles. The van der Waals surface area contributed by atoms with Gasteiger partial charge in [0.25, 0.3) is 0 Å². The molecule has 21 heavy (non-hydrogen) atoms. The van der Waals surface area contributed by atoms with Crippen LogP contribution in [0.15, 0.2) is 0 Å². The lowest BCUT2D eigenvalue weighted by molar-refractivity contribution is -0.142. The van der Waals surface area contributed by atoms with Crippen LogP contribution in [0.2, 0.25) is 0 Å². The van der Waals surface area contributed by atoms with Crippen LogP contribution in [-0.2, 0) is 9.59 Å². The number of carbonyl (C=O) groups excluding carboxylic acids is 1. The van der Waals surface area contributed by atoms with Gasteiger partial charge >= 0.3 is 5.97 Å². The minimum atomic E-state index is -0.770. The van der Waals surface area contributed by atoms with Crippen molar-refractivity contribution in [2.45, 2.75) is 57.9 Å². The van der Waals surface area contributed by atoms with Crippen molar-refractivity contribution in [1.29, 1.82) is 0 Å². The minimum absolute atomic E-state index is 0.140. The molecule has 1 aliphatic carbocycles. The quantitative estimate of drug-likeness (QED) is 0.861.